The van der Waals surface area contributed by atoms with Gasteiger partial charge in [0.1, 0.15) is 5.76 Å². The van der Waals surface area contributed by atoms with Crippen molar-refractivity contribution < 1.29 is 4.42 Å². The fourth-order valence-corrected chi connectivity index (χ4v) is 2.00. The van der Waals surface area contributed by atoms with Gasteiger partial charge >= 0.3 is 0 Å². The number of nitrogens with zero attached hydrogens (tertiary/aromatic N) is 2. The molecule has 0 aliphatic carbocycles. The van der Waals surface area contributed by atoms with Crippen LogP contribution in [0.25, 0.3) is 0 Å². The summed E-state index contributed by atoms with van der Waals surface area (Å²) in [4.78, 5) is 6.46. The molecule has 0 spiro atoms. The zero-order valence-corrected chi connectivity index (χ0v) is 12.7. The maximum atomic E-state index is 5.94. The van der Waals surface area contributed by atoms with Gasteiger partial charge in [-0.2, -0.15) is 0 Å². The SMILES string of the molecule is Cc1ccc(NC(N)=NCC(c2ccco2)N(C)C)cc1. The Labute approximate surface area is 125 Å². The van der Waals surface area contributed by atoms with Crippen molar-refractivity contribution in [3.8, 4) is 0 Å². The Morgan fingerprint density at radius 1 is 1.29 bits per heavy atom. The van der Waals surface area contributed by atoms with Crippen molar-refractivity contribution in [2.45, 2.75) is 13.0 Å². The number of likely N-dealkylation sites (N-methyl/N-ethyl adjacent to an activating group) is 1. The third-order valence-corrected chi connectivity index (χ3v) is 3.25. The first-order chi connectivity index (χ1) is 10.1. The van der Waals surface area contributed by atoms with Gasteiger partial charge in [0.25, 0.3) is 0 Å². The number of guanidine groups is 1. The molecule has 1 aromatic carbocycles. The van der Waals surface area contributed by atoms with Crippen molar-refractivity contribution >= 4 is 11.6 Å². The van der Waals surface area contributed by atoms with Crippen molar-refractivity contribution in [2.75, 3.05) is 26.0 Å². The van der Waals surface area contributed by atoms with Crippen LogP contribution in [0.2, 0.25) is 0 Å². The van der Waals surface area contributed by atoms with E-state index in [9.17, 15) is 0 Å². The first-order valence-electron chi connectivity index (χ1n) is 6.89. The van der Waals surface area contributed by atoms with Gasteiger partial charge in [-0.15, -0.1) is 0 Å². The van der Waals surface area contributed by atoms with Gasteiger partial charge in [0.15, 0.2) is 5.96 Å². The van der Waals surface area contributed by atoms with E-state index in [4.69, 9.17) is 10.2 Å². The predicted octanol–water partition coefficient (Wildman–Crippen LogP) is 2.62. The predicted molar refractivity (Wildman–Crippen MR) is 86.4 cm³/mol. The fourth-order valence-electron chi connectivity index (χ4n) is 2.00. The van der Waals surface area contributed by atoms with E-state index in [1.54, 1.807) is 6.26 Å². The highest BCUT2D eigenvalue weighted by Gasteiger charge is 2.16. The molecule has 0 aliphatic rings. The highest BCUT2D eigenvalue weighted by atomic mass is 16.3. The van der Waals surface area contributed by atoms with E-state index in [-0.39, 0.29) is 6.04 Å². The van der Waals surface area contributed by atoms with Crippen LogP contribution in [-0.4, -0.2) is 31.5 Å². The minimum atomic E-state index is 0.0679. The van der Waals surface area contributed by atoms with Gasteiger partial charge in [-0.3, -0.25) is 9.89 Å². The average Bonchev–Trinajstić information content (AvgIpc) is 2.95. The summed E-state index contributed by atoms with van der Waals surface area (Å²) in [5.74, 6) is 1.28. The lowest BCUT2D eigenvalue weighted by molar-refractivity contribution is 0.265. The third-order valence-electron chi connectivity index (χ3n) is 3.25. The molecule has 21 heavy (non-hydrogen) atoms. The molecule has 0 aliphatic heterocycles. The van der Waals surface area contributed by atoms with Crippen LogP contribution in [0, 0.1) is 6.92 Å². The summed E-state index contributed by atoms with van der Waals surface area (Å²) in [5, 5.41) is 3.09. The molecular weight excluding hydrogens is 264 g/mol. The van der Waals surface area contributed by atoms with Gasteiger partial charge < -0.3 is 15.5 Å². The molecule has 0 bridgehead atoms. The average molecular weight is 286 g/mol. The van der Waals surface area contributed by atoms with E-state index in [1.165, 1.54) is 5.56 Å². The van der Waals surface area contributed by atoms with Crippen LogP contribution in [0.15, 0.2) is 52.1 Å². The molecule has 0 amide bonds. The summed E-state index contributed by atoms with van der Waals surface area (Å²) in [6.45, 7) is 2.58. The zero-order chi connectivity index (χ0) is 15.2. The molecule has 2 aromatic rings. The second-order valence-electron chi connectivity index (χ2n) is 5.21. The number of aryl methyl sites for hydroxylation is 1. The van der Waals surface area contributed by atoms with Crippen LogP contribution in [-0.2, 0) is 0 Å². The fraction of sp³-hybridized carbons (Fsp3) is 0.312. The first-order valence-corrected chi connectivity index (χ1v) is 6.89. The maximum absolute atomic E-state index is 5.94. The van der Waals surface area contributed by atoms with Crippen LogP contribution in [0.1, 0.15) is 17.4 Å². The molecule has 5 nitrogen and oxygen atoms in total. The van der Waals surface area contributed by atoms with Crippen LogP contribution in [0.4, 0.5) is 5.69 Å². The molecule has 1 aromatic heterocycles. The van der Waals surface area contributed by atoms with Crippen LogP contribution >= 0.6 is 0 Å². The summed E-state index contributed by atoms with van der Waals surface area (Å²) in [6, 6.07) is 11.9. The minimum absolute atomic E-state index is 0.0679. The lowest BCUT2D eigenvalue weighted by atomic mass is 10.2. The van der Waals surface area contributed by atoms with E-state index in [0.717, 1.165) is 11.4 Å². The van der Waals surface area contributed by atoms with Crippen LogP contribution < -0.4 is 11.1 Å². The van der Waals surface area contributed by atoms with Gasteiger partial charge in [-0.05, 0) is 45.3 Å². The minimum Gasteiger partial charge on any atom is -0.468 e. The molecule has 0 saturated heterocycles. The summed E-state index contributed by atoms with van der Waals surface area (Å²) < 4.78 is 5.45. The topological polar surface area (TPSA) is 66.8 Å². The van der Waals surface area contributed by atoms with Crippen molar-refractivity contribution in [3.05, 3.63) is 54.0 Å². The van der Waals surface area contributed by atoms with Crippen molar-refractivity contribution in [1.29, 1.82) is 0 Å². The number of benzene rings is 1. The zero-order valence-electron chi connectivity index (χ0n) is 12.7. The van der Waals surface area contributed by atoms with Crippen molar-refractivity contribution in [1.82, 2.24) is 4.90 Å². The molecule has 0 fully saturated rings. The van der Waals surface area contributed by atoms with Crippen molar-refractivity contribution in [2.24, 2.45) is 10.7 Å². The number of anilines is 1. The summed E-state index contributed by atoms with van der Waals surface area (Å²) in [7, 11) is 3.98. The molecule has 2 rings (SSSR count). The number of rotatable bonds is 5. The summed E-state index contributed by atoms with van der Waals surface area (Å²) in [5.41, 5.74) is 8.08. The first kappa shape index (κ1) is 15.1. The smallest absolute Gasteiger partial charge is 0.193 e. The second kappa shape index (κ2) is 6.95. The van der Waals surface area contributed by atoms with Crippen LogP contribution in [0.5, 0.6) is 0 Å². The number of nitrogens with two attached hydrogens (primary N) is 1. The Kier molecular flexibility index (Phi) is 5.00. The Balaban J connectivity index is 1.99. The standard InChI is InChI=1S/C16H22N4O/c1-12-6-8-13(9-7-12)19-16(17)18-11-14(20(2)3)15-5-4-10-21-15/h4-10,14H,11H2,1-3H3,(H3,17,18,19). The number of furan rings is 1. The molecule has 1 heterocycles. The highest BCUT2D eigenvalue weighted by Crippen LogP contribution is 2.18. The molecule has 0 radical (unpaired) electrons. The third kappa shape index (κ3) is 4.36. The molecular formula is C16H22N4O. The van der Waals surface area contributed by atoms with Crippen LogP contribution in [0.3, 0.4) is 0 Å². The summed E-state index contributed by atoms with van der Waals surface area (Å²) >= 11 is 0. The van der Waals surface area contributed by atoms with Gasteiger partial charge in [0.05, 0.1) is 18.8 Å². The Hall–Kier alpha value is -2.27. The molecule has 1 atom stereocenters. The molecule has 112 valence electrons. The van der Waals surface area contributed by atoms with E-state index in [0.29, 0.717) is 12.5 Å². The number of hydrogen-bond donors (Lipinski definition) is 2. The molecule has 3 N–H and O–H groups in total. The second-order valence-corrected chi connectivity index (χ2v) is 5.21. The van der Waals surface area contributed by atoms with Gasteiger partial charge in [-0.25, -0.2) is 0 Å². The molecule has 5 heteroatoms. The Bertz CT molecular complexity index is 573. The van der Waals surface area contributed by atoms with E-state index >= 15 is 0 Å². The quantitative estimate of drug-likeness (QED) is 0.655. The van der Waals surface area contributed by atoms with E-state index in [2.05, 4.69) is 15.2 Å². The summed E-state index contributed by atoms with van der Waals surface area (Å²) in [6.07, 6.45) is 1.67. The van der Waals surface area contributed by atoms with E-state index < -0.39 is 0 Å². The number of hydrogen-bond acceptors (Lipinski definition) is 3. The molecule has 1 unspecified atom stereocenters. The monoisotopic (exact) mass is 286 g/mol. The lowest BCUT2D eigenvalue weighted by Gasteiger charge is -2.20. The van der Waals surface area contributed by atoms with Gasteiger partial charge in [-0.1, -0.05) is 17.7 Å². The lowest BCUT2D eigenvalue weighted by Crippen LogP contribution is -2.27. The normalized spacial score (nSPS) is 13.4. The molecule has 0 saturated carbocycles. The van der Waals surface area contributed by atoms with Gasteiger partial charge in [0, 0.05) is 5.69 Å². The Morgan fingerprint density at radius 3 is 2.57 bits per heavy atom. The largest absolute Gasteiger partial charge is 0.468 e. The number of aliphatic imine (C=N–C) groups is 1. The van der Waals surface area contributed by atoms with Crippen molar-refractivity contribution in [3.63, 3.8) is 0 Å². The van der Waals surface area contributed by atoms with Gasteiger partial charge in [0.2, 0.25) is 0 Å². The maximum Gasteiger partial charge on any atom is 0.193 e. The number of nitrogens with one attached hydrogen (secondary N) is 1. The Morgan fingerprint density at radius 2 is 2.00 bits per heavy atom. The highest BCUT2D eigenvalue weighted by molar-refractivity contribution is 5.92. The van der Waals surface area contributed by atoms with E-state index in [1.807, 2.05) is 57.4 Å².